The number of rotatable bonds is 12. The minimum absolute atomic E-state index is 0.435. The number of allylic oxidation sites excluding steroid dienone is 1. The van der Waals surface area contributed by atoms with E-state index < -0.39 is 0 Å². The molecule has 3 aromatic carbocycles. The van der Waals surface area contributed by atoms with E-state index >= 15 is 0 Å². The molecule has 0 N–H and O–H groups in total. The molecule has 0 aliphatic carbocycles. The van der Waals surface area contributed by atoms with Crippen molar-refractivity contribution in [3.8, 4) is 17.2 Å². The molecule has 0 radical (unpaired) electrons. The molecule has 1 heterocycles. The van der Waals surface area contributed by atoms with Gasteiger partial charge in [-0.2, -0.15) is 0 Å². The fraction of sp³-hybridized carbons (Fsp3) is 0.276. The third kappa shape index (κ3) is 5.60. The van der Waals surface area contributed by atoms with Crippen LogP contribution in [0.3, 0.4) is 0 Å². The van der Waals surface area contributed by atoms with Crippen LogP contribution >= 0.6 is 0 Å². The van der Waals surface area contributed by atoms with Gasteiger partial charge in [-0.25, -0.2) is 4.98 Å². The van der Waals surface area contributed by atoms with Gasteiger partial charge in [-0.1, -0.05) is 42.5 Å². The number of unbranched alkanes of at least 4 members (excludes halogenated alkanes) is 1. The summed E-state index contributed by atoms with van der Waals surface area (Å²) < 4.78 is 19.9. The van der Waals surface area contributed by atoms with Gasteiger partial charge in [-0.15, -0.1) is 6.58 Å². The molecule has 0 spiro atoms. The van der Waals surface area contributed by atoms with E-state index in [9.17, 15) is 0 Å². The predicted octanol–water partition coefficient (Wildman–Crippen LogP) is 6.52. The smallest absolute Gasteiger partial charge is 0.161 e. The van der Waals surface area contributed by atoms with Crippen LogP contribution in [0.15, 0.2) is 79.4 Å². The van der Waals surface area contributed by atoms with Crippen molar-refractivity contribution in [3.63, 3.8) is 0 Å². The molecule has 4 aromatic rings. The lowest BCUT2D eigenvalue weighted by molar-refractivity contribution is 0.277. The number of para-hydroxylation sites is 3. The Hall–Kier alpha value is -3.73. The number of hydrogen-bond donors (Lipinski definition) is 0. The summed E-state index contributed by atoms with van der Waals surface area (Å²) in [6.07, 6.45) is 4.58. The van der Waals surface area contributed by atoms with E-state index in [0.717, 1.165) is 71.0 Å². The zero-order valence-electron chi connectivity index (χ0n) is 20.0. The minimum atomic E-state index is 0.435. The van der Waals surface area contributed by atoms with Crippen molar-refractivity contribution in [1.29, 1.82) is 0 Å². The zero-order chi connectivity index (χ0) is 23.8. The molecule has 0 saturated carbocycles. The first-order valence-corrected chi connectivity index (χ1v) is 11.7. The molecule has 4 rings (SSSR count). The van der Waals surface area contributed by atoms with Crippen LogP contribution in [0.2, 0.25) is 0 Å². The Morgan fingerprint density at radius 1 is 0.912 bits per heavy atom. The second-order valence-electron chi connectivity index (χ2n) is 8.26. The maximum Gasteiger partial charge on any atom is 0.161 e. The van der Waals surface area contributed by atoms with Crippen molar-refractivity contribution in [2.45, 2.75) is 39.3 Å². The first-order chi connectivity index (χ1) is 16.7. The van der Waals surface area contributed by atoms with Crippen molar-refractivity contribution in [3.05, 3.63) is 96.3 Å². The van der Waals surface area contributed by atoms with E-state index in [1.165, 1.54) is 0 Å². The molecule has 0 fully saturated rings. The van der Waals surface area contributed by atoms with Gasteiger partial charge in [-0.3, -0.25) is 0 Å². The molecule has 1 aromatic heterocycles. The molecule has 0 unspecified atom stereocenters. The Balaban J connectivity index is 1.37. The first kappa shape index (κ1) is 23.4. The van der Waals surface area contributed by atoms with Gasteiger partial charge < -0.3 is 18.8 Å². The highest BCUT2D eigenvalue weighted by Crippen LogP contribution is 2.28. The second kappa shape index (κ2) is 11.4. The molecule has 0 saturated heterocycles. The van der Waals surface area contributed by atoms with E-state index in [1.54, 1.807) is 7.11 Å². The van der Waals surface area contributed by atoms with Crippen molar-refractivity contribution < 1.29 is 14.2 Å². The molecule has 5 nitrogen and oxygen atoms in total. The number of hydrogen-bond acceptors (Lipinski definition) is 4. The van der Waals surface area contributed by atoms with Crippen molar-refractivity contribution >= 4 is 11.0 Å². The van der Waals surface area contributed by atoms with Gasteiger partial charge >= 0.3 is 0 Å². The Kier molecular flexibility index (Phi) is 7.87. The molecule has 0 aliphatic rings. The maximum atomic E-state index is 6.10. The van der Waals surface area contributed by atoms with Crippen LogP contribution in [0, 0.1) is 6.92 Å². The Bertz CT molecular complexity index is 1250. The van der Waals surface area contributed by atoms with E-state index in [0.29, 0.717) is 13.2 Å². The van der Waals surface area contributed by atoms with E-state index in [2.05, 4.69) is 48.4 Å². The lowest BCUT2D eigenvalue weighted by Crippen LogP contribution is -2.09. The quantitative estimate of drug-likeness (QED) is 0.180. The van der Waals surface area contributed by atoms with Gasteiger partial charge in [-0.05, 0) is 67.6 Å². The van der Waals surface area contributed by atoms with Crippen LogP contribution in [-0.2, 0) is 19.6 Å². The molecule has 34 heavy (non-hydrogen) atoms. The van der Waals surface area contributed by atoms with Crippen molar-refractivity contribution in [1.82, 2.24) is 9.55 Å². The largest absolute Gasteiger partial charge is 0.493 e. The molecular weight excluding hydrogens is 424 g/mol. The zero-order valence-corrected chi connectivity index (χ0v) is 20.0. The number of nitrogens with zero attached hydrogens (tertiary/aromatic N) is 2. The molecule has 5 heteroatoms. The van der Waals surface area contributed by atoms with Crippen LogP contribution in [-0.4, -0.2) is 23.3 Å². The van der Waals surface area contributed by atoms with Gasteiger partial charge in [0.25, 0.3) is 0 Å². The number of fused-ring (bicyclic) bond motifs is 1. The summed E-state index contributed by atoms with van der Waals surface area (Å²) in [5.74, 6) is 3.36. The van der Waals surface area contributed by atoms with Gasteiger partial charge in [0.1, 0.15) is 18.2 Å². The fourth-order valence-corrected chi connectivity index (χ4v) is 4.02. The monoisotopic (exact) mass is 456 g/mol. The maximum absolute atomic E-state index is 6.10. The van der Waals surface area contributed by atoms with E-state index in [1.807, 2.05) is 42.5 Å². The van der Waals surface area contributed by atoms with E-state index in [-0.39, 0.29) is 0 Å². The Labute approximate surface area is 201 Å². The first-order valence-electron chi connectivity index (χ1n) is 11.7. The molecule has 176 valence electrons. The number of benzene rings is 3. The van der Waals surface area contributed by atoms with Crippen LogP contribution in [0.25, 0.3) is 11.0 Å². The number of methoxy groups -OCH3 is 1. The number of aromatic nitrogens is 2. The summed E-state index contributed by atoms with van der Waals surface area (Å²) in [7, 11) is 1.67. The Morgan fingerprint density at radius 2 is 1.74 bits per heavy atom. The molecule has 0 aliphatic heterocycles. The van der Waals surface area contributed by atoms with Crippen LogP contribution in [0.1, 0.15) is 29.8 Å². The van der Waals surface area contributed by atoms with Crippen LogP contribution < -0.4 is 14.2 Å². The van der Waals surface area contributed by atoms with Crippen LogP contribution in [0.5, 0.6) is 17.2 Å². The second-order valence-corrected chi connectivity index (χ2v) is 8.26. The summed E-state index contributed by atoms with van der Waals surface area (Å²) >= 11 is 0. The average molecular weight is 457 g/mol. The molecule has 0 bridgehead atoms. The SMILES string of the molecule is C=CCc1ccc(OCCCCn2c(COc3ccccc3C)nc3ccccc32)c(OC)c1. The minimum Gasteiger partial charge on any atom is -0.493 e. The predicted molar refractivity (Wildman–Crippen MR) is 137 cm³/mol. The standard InChI is InChI=1S/C29H32N2O3/c1-4-11-23-16-17-27(28(20-23)32-3)33-19-10-9-18-31-25-14-7-6-13-24(25)30-29(31)21-34-26-15-8-5-12-22(26)2/h4-8,12-17,20H,1,9-11,18-19,21H2,2-3H3. The lowest BCUT2D eigenvalue weighted by atomic mass is 10.1. The Morgan fingerprint density at radius 3 is 2.56 bits per heavy atom. The highest BCUT2D eigenvalue weighted by molar-refractivity contribution is 5.75. The van der Waals surface area contributed by atoms with Gasteiger partial charge in [0, 0.05) is 6.54 Å². The van der Waals surface area contributed by atoms with E-state index in [4.69, 9.17) is 19.2 Å². The van der Waals surface area contributed by atoms with Crippen molar-refractivity contribution in [2.24, 2.45) is 0 Å². The summed E-state index contributed by atoms with van der Waals surface area (Å²) in [4.78, 5) is 4.83. The van der Waals surface area contributed by atoms with Crippen LogP contribution in [0.4, 0.5) is 0 Å². The molecule has 0 amide bonds. The number of ether oxygens (including phenoxy) is 3. The lowest BCUT2D eigenvalue weighted by Gasteiger charge is -2.13. The third-order valence-corrected chi connectivity index (χ3v) is 5.83. The van der Waals surface area contributed by atoms with Gasteiger partial charge in [0.15, 0.2) is 11.5 Å². The molecule has 0 atom stereocenters. The normalized spacial score (nSPS) is 10.9. The third-order valence-electron chi connectivity index (χ3n) is 5.83. The summed E-state index contributed by atoms with van der Waals surface area (Å²) in [5, 5.41) is 0. The summed E-state index contributed by atoms with van der Waals surface area (Å²) in [5.41, 5.74) is 4.40. The fourth-order valence-electron chi connectivity index (χ4n) is 4.02. The van der Waals surface area contributed by atoms with Gasteiger partial charge in [0.05, 0.1) is 24.8 Å². The topological polar surface area (TPSA) is 45.5 Å². The number of aryl methyl sites for hydroxylation is 2. The average Bonchev–Trinajstić information content (AvgIpc) is 3.21. The van der Waals surface area contributed by atoms with Gasteiger partial charge in [0.2, 0.25) is 0 Å². The summed E-state index contributed by atoms with van der Waals surface area (Å²) in [6.45, 7) is 7.76. The molecular formula is C29H32N2O3. The van der Waals surface area contributed by atoms with Crippen molar-refractivity contribution in [2.75, 3.05) is 13.7 Å². The number of imidazole rings is 1. The highest BCUT2D eigenvalue weighted by Gasteiger charge is 2.12. The summed E-state index contributed by atoms with van der Waals surface area (Å²) in [6, 6.07) is 22.3. The highest BCUT2D eigenvalue weighted by atomic mass is 16.5.